The average molecular weight is 255 g/mol. The summed E-state index contributed by atoms with van der Waals surface area (Å²) in [5, 5.41) is 3.51. The molecule has 1 aliphatic heterocycles. The van der Waals surface area contributed by atoms with Crippen LogP contribution in [0.2, 0.25) is 0 Å². The molecule has 0 aliphatic carbocycles. The highest BCUT2D eigenvalue weighted by molar-refractivity contribution is 5.85. The third kappa shape index (κ3) is 3.36. The Morgan fingerprint density at radius 1 is 1.29 bits per heavy atom. The lowest BCUT2D eigenvalue weighted by molar-refractivity contribution is 0.281. The van der Waals surface area contributed by atoms with Gasteiger partial charge in [0.15, 0.2) is 0 Å². The van der Waals surface area contributed by atoms with E-state index in [0.29, 0.717) is 0 Å². The maximum Gasteiger partial charge on any atom is 0.0419 e. The first kappa shape index (κ1) is 14.3. The van der Waals surface area contributed by atoms with Crippen molar-refractivity contribution in [2.75, 3.05) is 25.0 Å². The monoisotopic (exact) mass is 254 g/mol. The van der Waals surface area contributed by atoms with E-state index >= 15 is 0 Å². The molecule has 0 saturated heterocycles. The predicted octanol–water partition coefficient (Wildman–Crippen LogP) is 3.31. The van der Waals surface area contributed by atoms with Crippen LogP contribution in [0.5, 0.6) is 0 Å². The van der Waals surface area contributed by atoms with Gasteiger partial charge >= 0.3 is 0 Å². The van der Waals surface area contributed by atoms with E-state index in [1.54, 1.807) is 0 Å². The summed E-state index contributed by atoms with van der Waals surface area (Å²) in [5.74, 6) is 0. The first-order valence-corrected chi connectivity index (χ1v) is 6.42. The number of fused-ring (bicyclic) bond motifs is 1. The molecule has 0 spiro atoms. The van der Waals surface area contributed by atoms with Crippen LogP contribution in [0.1, 0.15) is 31.4 Å². The molecule has 2 nitrogen and oxygen atoms in total. The molecule has 1 N–H and O–H groups in total. The Morgan fingerprint density at radius 3 is 2.82 bits per heavy atom. The van der Waals surface area contributed by atoms with Gasteiger partial charge in [-0.2, -0.15) is 0 Å². The van der Waals surface area contributed by atoms with E-state index in [4.69, 9.17) is 0 Å². The summed E-state index contributed by atoms with van der Waals surface area (Å²) in [6.45, 7) is 9.01. The molecule has 17 heavy (non-hydrogen) atoms. The summed E-state index contributed by atoms with van der Waals surface area (Å²) in [4.78, 5) is 2.51. The van der Waals surface area contributed by atoms with Crippen LogP contribution in [0.3, 0.4) is 0 Å². The molecular weight excluding hydrogens is 232 g/mol. The van der Waals surface area contributed by atoms with Gasteiger partial charge in [-0.1, -0.05) is 32.0 Å². The predicted molar refractivity (Wildman–Crippen MR) is 77.1 cm³/mol. The first-order valence-electron chi connectivity index (χ1n) is 6.42. The Morgan fingerprint density at radius 2 is 2.12 bits per heavy atom. The first-order chi connectivity index (χ1) is 7.85. The summed E-state index contributed by atoms with van der Waals surface area (Å²) < 4.78 is 0. The van der Waals surface area contributed by atoms with Crippen LogP contribution in [0.25, 0.3) is 0 Å². The van der Waals surface area contributed by atoms with Gasteiger partial charge in [-0.05, 0) is 37.1 Å². The minimum absolute atomic E-state index is 0. The fourth-order valence-electron chi connectivity index (χ4n) is 2.45. The van der Waals surface area contributed by atoms with Crippen LogP contribution in [0.4, 0.5) is 5.69 Å². The number of rotatable bonds is 5. The largest absolute Gasteiger partial charge is 0.384 e. The van der Waals surface area contributed by atoms with Crippen LogP contribution in [-0.4, -0.2) is 24.5 Å². The Labute approximate surface area is 111 Å². The third-order valence-electron chi connectivity index (χ3n) is 3.31. The van der Waals surface area contributed by atoms with Gasteiger partial charge in [0.2, 0.25) is 0 Å². The zero-order valence-electron chi connectivity index (χ0n) is 10.8. The van der Waals surface area contributed by atoms with Gasteiger partial charge in [-0.15, -0.1) is 12.4 Å². The standard InChI is InChI=1S/C14H22N2.ClH/c1-3-10-16(4-2)11-13-7-5-6-12-8-9-15-14(12)13;/h5-7,15H,3-4,8-11H2,1-2H3;1H. The van der Waals surface area contributed by atoms with Crippen molar-refractivity contribution in [1.29, 1.82) is 0 Å². The fourth-order valence-corrected chi connectivity index (χ4v) is 2.45. The molecule has 0 fully saturated rings. The maximum absolute atomic E-state index is 3.51. The molecular formula is C14H23ClN2. The van der Waals surface area contributed by atoms with Gasteiger partial charge in [0, 0.05) is 18.8 Å². The van der Waals surface area contributed by atoms with Crippen molar-refractivity contribution in [1.82, 2.24) is 4.90 Å². The van der Waals surface area contributed by atoms with Crippen molar-refractivity contribution in [2.24, 2.45) is 0 Å². The summed E-state index contributed by atoms with van der Waals surface area (Å²) >= 11 is 0. The topological polar surface area (TPSA) is 15.3 Å². The second kappa shape index (κ2) is 6.87. The number of hydrogen-bond acceptors (Lipinski definition) is 2. The highest BCUT2D eigenvalue weighted by Gasteiger charge is 2.14. The SMILES string of the molecule is CCCN(CC)Cc1cccc2c1NCC2.Cl. The molecule has 2 rings (SSSR count). The Bertz CT molecular complexity index is 352. The number of anilines is 1. The lowest BCUT2D eigenvalue weighted by atomic mass is 10.1. The van der Waals surface area contributed by atoms with Gasteiger partial charge in [0.1, 0.15) is 0 Å². The van der Waals surface area contributed by atoms with Crippen LogP contribution in [0.15, 0.2) is 18.2 Å². The van der Waals surface area contributed by atoms with Crippen molar-refractivity contribution in [3.63, 3.8) is 0 Å². The van der Waals surface area contributed by atoms with Gasteiger partial charge < -0.3 is 5.32 Å². The Hall–Kier alpha value is -0.730. The minimum Gasteiger partial charge on any atom is -0.384 e. The quantitative estimate of drug-likeness (QED) is 0.867. The van der Waals surface area contributed by atoms with Crippen LogP contribution >= 0.6 is 12.4 Å². The molecule has 0 radical (unpaired) electrons. The molecule has 1 heterocycles. The van der Waals surface area contributed by atoms with Crippen molar-refractivity contribution < 1.29 is 0 Å². The number of para-hydroxylation sites is 1. The fraction of sp³-hybridized carbons (Fsp3) is 0.571. The minimum atomic E-state index is 0. The number of nitrogens with one attached hydrogen (secondary N) is 1. The van der Waals surface area contributed by atoms with Crippen molar-refractivity contribution in [3.05, 3.63) is 29.3 Å². The van der Waals surface area contributed by atoms with Crippen molar-refractivity contribution in [2.45, 2.75) is 33.2 Å². The second-order valence-electron chi connectivity index (χ2n) is 4.50. The number of hydrogen-bond donors (Lipinski definition) is 1. The summed E-state index contributed by atoms with van der Waals surface area (Å²) in [5.41, 5.74) is 4.35. The van der Waals surface area contributed by atoms with E-state index in [1.165, 1.54) is 36.2 Å². The molecule has 1 aliphatic rings. The molecule has 0 saturated carbocycles. The number of benzene rings is 1. The maximum atomic E-state index is 3.51. The van der Waals surface area contributed by atoms with E-state index in [0.717, 1.165) is 19.6 Å². The summed E-state index contributed by atoms with van der Waals surface area (Å²) in [7, 11) is 0. The highest BCUT2D eigenvalue weighted by Crippen LogP contribution is 2.27. The smallest absolute Gasteiger partial charge is 0.0419 e. The third-order valence-corrected chi connectivity index (χ3v) is 3.31. The summed E-state index contributed by atoms with van der Waals surface area (Å²) in [6.07, 6.45) is 2.42. The van der Waals surface area contributed by atoms with Crippen LogP contribution in [0, 0.1) is 0 Å². The lowest BCUT2D eigenvalue weighted by Gasteiger charge is -2.21. The Balaban J connectivity index is 0.00000144. The van der Waals surface area contributed by atoms with Crippen molar-refractivity contribution in [3.8, 4) is 0 Å². The van der Waals surface area contributed by atoms with Crippen molar-refractivity contribution >= 4 is 18.1 Å². The molecule has 0 aromatic heterocycles. The zero-order chi connectivity index (χ0) is 11.4. The molecule has 0 bridgehead atoms. The molecule has 96 valence electrons. The Kier molecular flexibility index (Phi) is 5.79. The zero-order valence-corrected chi connectivity index (χ0v) is 11.6. The van der Waals surface area contributed by atoms with E-state index in [2.05, 4.69) is 42.3 Å². The van der Waals surface area contributed by atoms with Gasteiger partial charge in [-0.25, -0.2) is 0 Å². The molecule has 1 aromatic carbocycles. The normalized spacial score (nSPS) is 13.1. The van der Waals surface area contributed by atoms with E-state index < -0.39 is 0 Å². The summed E-state index contributed by atoms with van der Waals surface area (Å²) in [6, 6.07) is 6.70. The molecule has 0 unspecified atom stereocenters. The lowest BCUT2D eigenvalue weighted by Crippen LogP contribution is -2.24. The molecule has 3 heteroatoms. The molecule has 0 atom stereocenters. The average Bonchev–Trinajstić information content (AvgIpc) is 2.77. The highest BCUT2D eigenvalue weighted by atomic mass is 35.5. The van der Waals surface area contributed by atoms with Crippen LogP contribution < -0.4 is 5.32 Å². The van der Waals surface area contributed by atoms with Gasteiger partial charge in [0.05, 0.1) is 0 Å². The van der Waals surface area contributed by atoms with E-state index in [9.17, 15) is 0 Å². The molecule has 0 amide bonds. The molecule has 1 aromatic rings. The number of nitrogens with zero attached hydrogens (tertiary/aromatic N) is 1. The van der Waals surface area contributed by atoms with E-state index in [-0.39, 0.29) is 12.4 Å². The van der Waals surface area contributed by atoms with Crippen LogP contribution in [-0.2, 0) is 13.0 Å². The number of halogens is 1. The van der Waals surface area contributed by atoms with Gasteiger partial charge in [-0.3, -0.25) is 4.90 Å². The van der Waals surface area contributed by atoms with Gasteiger partial charge in [0.25, 0.3) is 0 Å². The van der Waals surface area contributed by atoms with E-state index in [1.807, 2.05) is 0 Å². The second-order valence-corrected chi connectivity index (χ2v) is 4.50.